The quantitative estimate of drug-likeness (QED) is 0.152. The summed E-state index contributed by atoms with van der Waals surface area (Å²) in [6.07, 6.45) is 1.90. The first-order valence-electron chi connectivity index (χ1n) is 28.0. The third kappa shape index (κ3) is 6.82. The minimum Gasteiger partial charge on any atom is -0.309 e. The van der Waals surface area contributed by atoms with Gasteiger partial charge >= 0.3 is 0 Å². The molecule has 17 rings (SSSR count). The van der Waals surface area contributed by atoms with Crippen LogP contribution in [0.1, 0.15) is 0 Å². The SMILES string of the molecule is c1ccc(-c2ccccc2-c2c(-c3ccc(-n4c5ccccc5c5ccccc54)cc3)c(-c3ccc(-n4c5ccccc5c5ccccc54)cc3)nc(-n3c4ccccc4c4ccccc43)c2-n2c3ccccc3c3ccccc32)nc1. The molecule has 0 aliphatic heterocycles. The van der Waals surface area contributed by atoms with Gasteiger partial charge in [0, 0.05) is 82.9 Å². The molecule has 82 heavy (non-hydrogen) atoms. The second-order valence-electron chi connectivity index (χ2n) is 21.2. The first-order valence-corrected chi connectivity index (χ1v) is 28.0. The highest BCUT2D eigenvalue weighted by atomic mass is 15.1. The van der Waals surface area contributed by atoms with Crippen molar-refractivity contribution in [1.82, 2.24) is 28.2 Å². The Hall–Kier alpha value is -11.1. The predicted molar refractivity (Wildman–Crippen MR) is 341 cm³/mol. The molecule has 6 aromatic heterocycles. The highest BCUT2D eigenvalue weighted by Crippen LogP contribution is 2.51. The molecule has 0 aliphatic rings. The number of pyridine rings is 2. The van der Waals surface area contributed by atoms with Crippen molar-refractivity contribution in [3.05, 3.63) is 291 Å². The lowest BCUT2D eigenvalue weighted by Gasteiger charge is -2.26. The van der Waals surface area contributed by atoms with Crippen molar-refractivity contribution in [2.24, 2.45) is 0 Å². The molecule has 0 fully saturated rings. The fourth-order valence-corrected chi connectivity index (χ4v) is 13.4. The van der Waals surface area contributed by atoms with Gasteiger partial charge in [0.1, 0.15) is 0 Å². The van der Waals surface area contributed by atoms with Gasteiger partial charge in [-0.05, 0) is 96.1 Å². The van der Waals surface area contributed by atoms with Crippen LogP contribution in [0.5, 0.6) is 0 Å². The summed E-state index contributed by atoms with van der Waals surface area (Å²) in [6.45, 7) is 0. The topological polar surface area (TPSA) is 45.5 Å². The van der Waals surface area contributed by atoms with E-state index in [2.05, 4.69) is 297 Å². The molecule has 0 amide bonds. The molecule has 0 spiro atoms. The summed E-state index contributed by atoms with van der Waals surface area (Å²) in [5.74, 6) is 0.807. The average molecular weight is 1050 g/mol. The second kappa shape index (κ2) is 18.2. The molecule has 0 saturated heterocycles. The predicted octanol–water partition coefficient (Wildman–Crippen LogP) is 19.5. The molecule has 0 bridgehead atoms. The van der Waals surface area contributed by atoms with Crippen molar-refractivity contribution in [3.8, 4) is 67.6 Å². The molecule has 17 aromatic rings. The number of rotatable bonds is 8. The van der Waals surface area contributed by atoms with Crippen LogP contribution in [0.25, 0.3) is 155 Å². The van der Waals surface area contributed by atoms with Crippen molar-refractivity contribution in [2.75, 3.05) is 0 Å². The zero-order valence-corrected chi connectivity index (χ0v) is 44.4. The van der Waals surface area contributed by atoms with Gasteiger partial charge in [0.05, 0.1) is 61.2 Å². The third-order valence-corrected chi connectivity index (χ3v) is 16.9. The van der Waals surface area contributed by atoms with Gasteiger partial charge in [-0.25, -0.2) is 4.98 Å². The Morgan fingerprint density at radius 2 is 0.573 bits per heavy atom. The van der Waals surface area contributed by atoms with Gasteiger partial charge < -0.3 is 13.7 Å². The molecule has 11 aromatic carbocycles. The van der Waals surface area contributed by atoms with Gasteiger partial charge in [0.15, 0.2) is 5.82 Å². The Bertz CT molecular complexity index is 5170. The number of aromatic nitrogens is 6. The van der Waals surface area contributed by atoms with Crippen molar-refractivity contribution < 1.29 is 0 Å². The van der Waals surface area contributed by atoms with E-state index in [4.69, 9.17) is 9.97 Å². The standard InChI is InChI=1S/C76H48N6/c1-2-30-62(53(21-1)63-31-19-20-48-77-63)73-72(49-40-44-51(45-41-49)79-64-32-11-3-22-54(64)55-23-4-12-33-65(55)79)74(50-42-46-52(47-43-50)80-66-34-13-5-24-56(66)57-25-6-14-35-67(57)80)78-76(82-70-38-17-9-28-60(70)61-29-10-18-39-71(61)82)75(73)81-68-36-15-7-26-58(68)59-27-8-16-37-69(59)81/h1-48H. The molecule has 0 unspecified atom stereocenters. The molecule has 0 saturated carbocycles. The van der Waals surface area contributed by atoms with E-state index in [0.717, 1.165) is 133 Å². The van der Waals surface area contributed by atoms with E-state index < -0.39 is 0 Å². The van der Waals surface area contributed by atoms with Crippen molar-refractivity contribution >= 4 is 87.2 Å². The molecule has 6 nitrogen and oxygen atoms in total. The lowest BCUT2D eigenvalue weighted by molar-refractivity contribution is 1.03. The minimum absolute atomic E-state index is 0.807. The first-order chi connectivity index (χ1) is 40.7. The van der Waals surface area contributed by atoms with Crippen LogP contribution in [-0.4, -0.2) is 28.2 Å². The maximum atomic E-state index is 6.28. The Kier molecular flexibility index (Phi) is 10.2. The van der Waals surface area contributed by atoms with Crippen LogP contribution in [0, 0.1) is 0 Å². The van der Waals surface area contributed by atoms with E-state index >= 15 is 0 Å². The maximum absolute atomic E-state index is 6.28. The molecule has 0 aliphatic carbocycles. The van der Waals surface area contributed by atoms with Gasteiger partial charge in [-0.3, -0.25) is 9.55 Å². The molecule has 0 atom stereocenters. The van der Waals surface area contributed by atoms with Crippen LogP contribution in [0.3, 0.4) is 0 Å². The van der Waals surface area contributed by atoms with Crippen LogP contribution in [0.4, 0.5) is 0 Å². The van der Waals surface area contributed by atoms with Crippen molar-refractivity contribution in [1.29, 1.82) is 0 Å². The van der Waals surface area contributed by atoms with Gasteiger partial charge in [0.2, 0.25) is 0 Å². The normalized spacial score (nSPS) is 11.9. The van der Waals surface area contributed by atoms with E-state index in [1.165, 1.54) is 21.5 Å². The number of hydrogen-bond acceptors (Lipinski definition) is 2. The van der Waals surface area contributed by atoms with Gasteiger partial charge in [0.25, 0.3) is 0 Å². The van der Waals surface area contributed by atoms with E-state index in [-0.39, 0.29) is 0 Å². The zero-order chi connectivity index (χ0) is 53.8. The Balaban J connectivity index is 1.05. The summed E-state index contributed by atoms with van der Waals surface area (Å²) < 4.78 is 9.69. The number of para-hydroxylation sites is 8. The smallest absolute Gasteiger partial charge is 0.163 e. The summed E-state index contributed by atoms with van der Waals surface area (Å²) >= 11 is 0. The largest absolute Gasteiger partial charge is 0.309 e. The molecule has 6 heterocycles. The van der Waals surface area contributed by atoms with Gasteiger partial charge in [-0.1, -0.05) is 200 Å². The molecule has 0 N–H and O–H groups in total. The fraction of sp³-hybridized carbons (Fsp3) is 0. The van der Waals surface area contributed by atoms with Crippen LogP contribution < -0.4 is 0 Å². The lowest BCUT2D eigenvalue weighted by atomic mass is 9.86. The van der Waals surface area contributed by atoms with Crippen LogP contribution in [-0.2, 0) is 0 Å². The van der Waals surface area contributed by atoms with E-state index in [9.17, 15) is 0 Å². The molecule has 0 radical (unpaired) electrons. The first kappa shape index (κ1) is 45.9. The molecule has 382 valence electrons. The number of hydrogen-bond donors (Lipinski definition) is 0. The number of fused-ring (bicyclic) bond motifs is 12. The summed E-state index contributed by atoms with van der Waals surface area (Å²) in [5.41, 5.74) is 19.9. The van der Waals surface area contributed by atoms with Gasteiger partial charge in [-0.15, -0.1) is 0 Å². The van der Waals surface area contributed by atoms with E-state index in [0.29, 0.717) is 0 Å². The average Bonchev–Trinajstić information content (AvgIpc) is 4.25. The Morgan fingerprint density at radius 3 is 0.963 bits per heavy atom. The Labute approximate surface area is 471 Å². The lowest BCUT2D eigenvalue weighted by Crippen LogP contribution is -2.11. The van der Waals surface area contributed by atoms with Crippen molar-refractivity contribution in [2.45, 2.75) is 0 Å². The third-order valence-electron chi connectivity index (χ3n) is 16.9. The summed E-state index contributed by atoms with van der Waals surface area (Å²) in [5, 5.41) is 9.54. The second-order valence-corrected chi connectivity index (χ2v) is 21.2. The highest BCUT2D eigenvalue weighted by molar-refractivity contribution is 6.15. The zero-order valence-electron chi connectivity index (χ0n) is 44.4. The van der Waals surface area contributed by atoms with Crippen molar-refractivity contribution in [3.63, 3.8) is 0 Å². The van der Waals surface area contributed by atoms with Crippen LogP contribution in [0.2, 0.25) is 0 Å². The Morgan fingerprint density at radius 1 is 0.244 bits per heavy atom. The number of nitrogens with zero attached hydrogens (tertiary/aromatic N) is 6. The highest BCUT2D eigenvalue weighted by Gasteiger charge is 2.31. The maximum Gasteiger partial charge on any atom is 0.163 e. The van der Waals surface area contributed by atoms with E-state index in [1.807, 2.05) is 12.3 Å². The summed E-state index contributed by atoms with van der Waals surface area (Å²) in [7, 11) is 0. The van der Waals surface area contributed by atoms with Crippen LogP contribution >= 0.6 is 0 Å². The fourth-order valence-electron chi connectivity index (χ4n) is 13.4. The molecular formula is C76H48N6. The minimum atomic E-state index is 0.807. The summed E-state index contributed by atoms with van der Waals surface area (Å²) in [6, 6.07) is 103. The molecule has 6 heteroatoms. The number of benzene rings is 11. The van der Waals surface area contributed by atoms with E-state index in [1.54, 1.807) is 0 Å². The van der Waals surface area contributed by atoms with Gasteiger partial charge in [-0.2, -0.15) is 0 Å². The summed E-state index contributed by atoms with van der Waals surface area (Å²) in [4.78, 5) is 11.4. The van der Waals surface area contributed by atoms with Crippen LogP contribution in [0.15, 0.2) is 291 Å². The monoisotopic (exact) mass is 1040 g/mol. The molecular weight excluding hydrogens is 997 g/mol.